The second-order valence-corrected chi connectivity index (χ2v) is 4.83. The van der Waals surface area contributed by atoms with E-state index in [1.807, 2.05) is 0 Å². The number of ether oxygens (including phenoxy) is 1. The Balaban J connectivity index is 2.54. The summed E-state index contributed by atoms with van der Waals surface area (Å²) in [5.74, 6) is -3.59. The molecule has 1 saturated carbocycles. The van der Waals surface area contributed by atoms with E-state index in [0.29, 0.717) is 18.4 Å². The quantitative estimate of drug-likeness (QED) is 0.860. The number of hydrogen-bond acceptors (Lipinski definition) is 2. The van der Waals surface area contributed by atoms with Gasteiger partial charge in [0.15, 0.2) is 11.6 Å². The normalized spacial score (nSPS) is 16.4. The summed E-state index contributed by atoms with van der Waals surface area (Å²) >= 11 is 5.60. The molecule has 0 bridgehead atoms. The number of methoxy groups -OCH3 is 1. The van der Waals surface area contributed by atoms with Crippen LogP contribution in [0.3, 0.4) is 0 Å². The van der Waals surface area contributed by atoms with Gasteiger partial charge in [0.05, 0.1) is 18.6 Å². The van der Waals surface area contributed by atoms with Crippen LogP contribution >= 0.6 is 11.6 Å². The Morgan fingerprint density at radius 3 is 2.56 bits per heavy atom. The van der Waals surface area contributed by atoms with E-state index in [9.17, 15) is 13.6 Å². The van der Waals surface area contributed by atoms with Crippen LogP contribution in [0.15, 0.2) is 6.07 Å². The standard InChI is InChI=1S/C12H11ClF2O3/c1-18-11-6(4-7(13)9(14)10(11)15)12(2-3-12)5-8(16)17/h4H,2-3,5H2,1H3,(H,16,17). The number of aliphatic carboxylic acids is 1. The molecule has 0 heterocycles. The summed E-state index contributed by atoms with van der Waals surface area (Å²) in [6, 6.07) is 1.26. The third-order valence-corrected chi connectivity index (χ3v) is 3.51. The van der Waals surface area contributed by atoms with Crippen molar-refractivity contribution < 1.29 is 23.4 Å². The Morgan fingerprint density at radius 1 is 1.50 bits per heavy atom. The lowest BCUT2D eigenvalue weighted by atomic mass is 9.91. The van der Waals surface area contributed by atoms with Gasteiger partial charge >= 0.3 is 5.97 Å². The van der Waals surface area contributed by atoms with Gasteiger partial charge in [-0.3, -0.25) is 4.79 Å². The molecule has 1 aromatic rings. The SMILES string of the molecule is COc1c(C2(CC(=O)O)CC2)cc(Cl)c(F)c1F. The van der Waals surface area contributed by atoms with Gasteiger partial charge in [0, 0.05) is 11.0 Å². The van der Waals surface area contributed by atoms with Gasteiger partial charge in [0.25, 0.3) is 0 Å². The molecule has 1 aliphatic carbocycles. The molecule has 1 aliphatic rings. The van der Waals surface area contributed by atoms with Crippen molar-refractivity contribution in [3.8, 4) is 5.75 Å². The Kier molecular flexibility index (Phi) is 3.19. The summed E-state index contributed by atoms with van der Waals surface area (Å²) in [5.41, 5.74) is -0.355. The van der Waals surface area contributed by atoms with Crippen molar-refractivity contribution in [1.82, 2.24) is 0 Å². The number of carboxylic acid groups (broad SMARTS) is 1. The first-order valence-corrected chi connectivity index (χ1v) is 5.73. The molecule has 0 amide bonds. The van der Waals surface area contributed by atoms with Crippen molar-refractivity contribution >= 4 is 17.6 Å². The van der Waals surface area contributed by atoms with Crippen molar-refractivity contribution in [3.05, 3.63) is 28.3 Å². The van der Waals surface area contributed by atoms with Crippen LogP contribution in [0.1, 0.15) is 24.8 Å². The summed E-state index contributed by atoms with van der Waals surface area (Å²) in [4.78, 5) is 10.8. The van der Waals surface area contributed by atoms with E-state index in [1.165, 1.54) is 13.2 Å². The molecule has 98 valence electrons. The fourth-order valence-corrected chi connectivity index (χ4v) is 2.35. The molecule has 1 aromatic carbocycles. The average Bonchev–Trinajstić information content (AvgIpc) is 3.05. The van der Waals surface area contributed by atoms with Crippen LogP contribution in [0.4, 0.5) is 8.78 Å². The fourth-order valence-electron chi connectivity index (χ4n) is 2.15. The Labute approximate surface area is 107 Å². The summed E-state index contributed by atoms with van der Waals surface area (Å²) in [7, 11) is 1.21. The van der Waals surface area contributed by atoms with E-state index in [0.717, 1.165) is 0 Å². The first kappa shape index (κ1) is 13.1. The number of benzene rings is 1. The van der Waals surface area contributed by atoms with Gasteiger partial charge in [-0.1, -0.05) is 11.6 Å². The lowest BCUT2D eigenvalue weighted by molar-refractivity contribution is -0.137. The first-order valence-electron chi connectivity index (χ1n) is 5.35. The minimum absolute atomic E-state index is 0.148. The zero-order chi connectivity index (χ0) is 13.5. The number of carbonyl (C=O) groups is 1. The van der Waals surface area contributed by atoms with Gasteiger partial charge in [-0.15, -0.1) is 0 Å². The van der Waals surface area contributed by atoms with Crippen molar-refractivity contribution in [2.45, 2.75) is 24.7 Å². The van der Waals surface area contributed by atoms with Gasteiger partial charge in [0.2, 0.25) is 5.82 Å². The number of hydrogen-bond donors (Lipinski definition) is 1. The Hall–Kier alpha value is -1.36. The van der Waals surface area contributed by atoms with Gasteiger partial charge in [-0.25, -0.2) is 4.39 Å². The molecule has 2 rings (SSSR count). The highest BCUT2D eigenvalue weighted by Crippen LogP contribution is 2.55. The third-order valence-electron chi connectivity index (χ3n) is 3.24. The molecule has 6 heteroatoms. The van der Waals surface area contributed by atoms with Crippen molar-refractivity contribution in [2.24, 2.45) is 0 Å². The van der Waals surface area contributed by atoms with Crippen LogP contribution in [-0.4, -0.2) is 18.2 Å². The minimum Gasteiger partial charge on any atom is -0.493 e. The highest BCUT2D eigenvalue weighted by molar-refractivity contribution is 6.30. The second-order valence-electron chi connectivity index (χ2n) is 4.42. The predicted molar refractivity (Wildman–Crippen MR) is 61.1 cm³/mol. The number of halogens is 3. The predicted octanol–water partition coefficient (Wildman–Crippen LogP) is 3.13. The molecular formula is C12H11ClF2O3. The fraction of sp³-hybridized carbons (Fsp3) is 0.417. The molecule has 0 spiro atoms. The lowest BCUT2D eigenvalue weighted by Crippen LogP contribution is -2.15. The summed E-state index contributed by atoms with van der Waals surface area (Å²) < 4.78 is 31.9. The largest absolute Gasteiger partial charge is 0.493 e. The van der Waals surface area contributed by atoms with Crippen molar-refractivity contribution in [3.63, 3.8) is 0 Å². The topological polar surface area (TPSA) is 46.5 Å². The van der Waals surface area contributed by atoms with E-state index in [2.05, 4.69) is 0 Å². The molecule has 0 radical (unpaired) electrons. The first-order chi connectivity index (χ1) is 8.41. The van der Waals surface area contributed by atoms with Crippen LogP contribution in [-0.2, 0) is 10.2 Å². The van der Waals surface area contributed by atoms with Gasteiger partial charge < -0.3 is 9.84 Å². The maximum atomic E-state index is 13.7. The van der Waals surface area contributed by atoms with Crippen molar-refractivity contribution in [2.75, 3.05) is 7.11 Å². The van der Waals surface area contributed by atoms with E-state index >= 15 is 0 Å². The zero-order valence-electron chi connectivity index (χ0n) is 9.60. The smallest absolute Gasteiger partial charge is 0.304 e. The monoisotopic (exact) mass is 276 g/mol. The molecule has 1 N–H and O–H groups in total. The number of carboxylic acids is 1. The molecule has 0 saturated heterocycles. The molecular weight excluding hydrogens is 266 g/mol. The summed E-state index contributed by atoms with van der Waals surface area (Å²) in [6.45, 7) is 0. The average molecular weight is 277 g/mol. The summed E-state index contributed by atoms with van der Waals surface area (Å²) in [5, 5.41) is 8.50. The van der Waals surface area contributed by atoms with Crippen LogP contribution in [0.2, 0.25) is 5.02 Å². The maximum absolute atomic E-state index is 13.7. The maximum Gasteiger partial charge on any atom is 0.304 e. The van der Waals surface area contributed by atoms with Gasteiger partial charge in [-0.05, 0) is 18.9 Å². The highest BCUT2D eigenvalue weighted by Gasteiger charge is 2.49. The summed E-state index contributed by atoms with van der Waals surface area (Å²) in [6.07, 6.45) is 1.04. The van der Waals surface area contributed by atoms with E-state index in [-0.39, 0.29) is 17.2 Å². The Morgan fingerprint density at radius 2 is 2.11 bits per heavy atom. The zero-order valence-corrected chi connectivity index (χ0v) is 10.4. The van der Waals surface area contributed by atoms with Crippen LogP contribution in [0, 0.1) is 11.6 Å². The van der Waals surface area contributed by atoms with Gasteiger partial charge in [-0.2, -0.15) is 4.39 Å². The molecule has 0 atom stereocenters. The van der Waals surface area contributed by atoms with Gasteiger partial charge in [0.1, 0.15) is 0 Å². The number of rotatable bonds is 4. The lowest BCUT2D eigenvalue weighted by Gasteiger charge is -2.18. The van der Waals surface area contributed by atoms with E-state index in [1.54, 1.807) is 0 Å². The third kappa shape index (κ3) is 2.03. The van der Waals surface area contributed by atoms with Crippen LogP contribution in [0.25, 0.3) is 0 Å². The molecule has 3 nitrogen and oxygen atoms in total. The van der Waals surface area contributed by atoms with Crippen LogP contribution < -0.4 is 4.74 Å². The van der Waals surface area contributed by atoms with E-state index in [4.69, 9.17) is 21.4 Å². The molecule has 0 unspecified atom stereocenters. The van der Waals surface area contributed by atoms with Crippen LogP contribution in [0.5, 0.6) is 5.75 Å². The Bertz CT molecular complexity index is 513. The molecule has 0 aliphatic heterocycles. The molecule has 0 aromatic heterocycles. The van der Waals surface area contributed by atoms with Crippen molar-refractivity contribution in [1.29, 1.82) is 0 Å². The van der Waals surface area contributed by atoms with E-state index < -0.39 is 23.0 Å². The molecule has 1 fully saturated rings. The molecule has 18 heavy (non-hydrogen) atoms. The highest BCUT2D eigenvalue weighted by atomic mass is 35.5. The second kappa shape index (κ2) is 4.39. The minimum atomic E-state index is -1.18.